The van der Waals surface area contributed by atoms with Crippen LogP contribution in [0.1, 0.15) is 18.4 Å². The van der Waals surface area contributed by atoms with E-state index in [9.17, 15) is 10.1 Å². The molecule has 0 saturated carbocycles. The number of pyridine rings is 1. The van der Waals surface area contributed by atoms with Crippen LogP contribution in [0.25, 0.3) is 11.0 Å². The van der Waals surface area contributed by atoms with E-state index in [1.165, 1.54) is 6.20 Å². The van der Waals surface area contributed by atoms with Crippen molar-refractivity contribution >= 4 is 29.3 Å². The Morgan fingerprint density at radius 1 is 1.09 bits per heavy atom. The first-order valence-electron chi connectivity index (χ1n) is 11.2. The molecule has 9 nitrogen and oxygen atoms in total. The van der Waals surface area contributed by atoms with Gasteiger partial charge in [-0.05, 0) is 31.0 Å². The lowest BCUT2D eigenvalue weighted by Crippen LogP contribution is -2.45. The van der Waals surface area contributed by atoms with Crippen LogP contribution in [0.4, 0.5) is 5.82 Å². The van der Waals surface area contributed by atoms with Gasteiger partial charge in [-0.1, -0.05) is 0 Å². The van der Waals surface area contributed by atoms with Crippen molar-refractivity contribution < 1.29 is 9.47 Å². The highest BCUT2D eigenvalue weighted by atomic mass is 35.5. The fourth-order valence-electron chi connectivity index (χ4n) is 4.55. The fourth-order valence-corrected chi connectivity index (χ4v) is 4.55. The Balaban J connectivity index is 0.00000274. The molecule has 5 rings (SSSR count). The Hall–Kier alpha value is -3.35. The van der Waals surface area contributed by atoms with Crippen molar-refractivity contribution in [1.29, 1.82) is 5.26 Å². The third kappa shape index (κ3) is 4.79. The van der Waals surface area contributed by atoms with Gasteiger partial charge in [-0.2, -0.15) is 5.26 Å². The molecule has 0 unspecified atom stereocenters. The predicted molar refractivity (Wildman–Crippen MR) is 131 cm³/mol. The van der Waals surface area contributed by atoms with Crippen molar-refractivity contribution in [1.82, 2.24) is 19.4 Å². The molecule has 4 heterocycles. The Morgan fingerprint density at radius 3 is 2.62 bits per heavy atom. The van der Waals surface area contributed by atoms with Crippen LogP contribution in [-0.4, -0.2) is 65.4 Å². The summed E-state index contributed by atoms with van der Waals surface area (Å²) in [5.41, 5.74) is 1.82. The van der Waals surface area contributed by atoms with E-state index in [1.54, 1.807) is 29.0 Å². The van der Waals surface area contributed by atoms with Crippen LogP contribution in [0.5, 0.6) is 11.5 Å². The van der Waals surface area contributed by atoms with Gasteiger partial charge in [-0.25, -0.2) is 9.97 Å². The summed E-state index contributed by atoms with van der Waals surface area (Å²) in [6.45, 7) is 4.35. The lowest BCUT2D eigenvalue weighted by molar-refractivity contribution is 0.170. The molecule has 0 atom stereocenters. The number of hydrogen-bond donors (Lipinski definition) is 0. The van der Waals surface area contributed by atoms with Crippen LogP contribution < -0.4 is 19.9 Å². The number of rotatable bonds is 5. The molecule has 0 spiro atoms. The molecule has 0 amide bonds. The molecule has 10 heteroatoms. The van der Waals surface area contributed by atoms with Crippen LogP contribution in [0.15, 0.2) is 41.5 Å². The normalized spacial score (nSPS) is 16.0. The number of anilines is 1. The van der Waals surface area contributed by atoms with Crippen LogP contribution in [0, 0.1) is 11.3 Å². The molecule has 34 heavy (non-hydrogen) atoms. The van der Waals surface area contributed by atoms with Gasteiger partial charge in [-0.3, -0.25) is 4.79 Å². The van der Waals surface area contributed by atoms with Gasteiger partial charge in [0.2, 0.25) is 0 Å². The van der Waals surface area contributed by atoms with Crippen molar-refractivity contribution in [3.63, 3.8) is 0 Å². The SMILES string of the molecule is CN(c1cc2c(cn1)OCCO2)C1CCN(CCn2c(=O)cnc3ccc(C#N)cc32)CC1.Cl. The smallest absolute Gasteiger partial charge is 0.269 e. The van der Waals surface area contributed by atoms with Crippen molar-refractivity contribution in [3.8, 4) is 17.6 Å². The molecule has 1 aromatic carbocycles. The van der Waals surface area contributed by atoms with E-state index >= 15 is 0 Å². The first-order valence-corrected chi connectivity index (χ1v) is 11.2. The van der Waals surface area contributed by atoms with Crippen molar-refractivity contribution in [2.24, 2.45) is 0 Å². The van der Waals surface area contributed by atoms with Gasteiger partial charge in [0.1, 0.15) is 19.0 Å². The standard InChI is InChI=1S/C24H26N6O3.ClH/c1-28(23-13-21-22(15-27-23)33-11-10-32-21)18-4-6-29(7-5-18)8-9-30-20-12-17(14-25)2-3-19(20)26-16-24(30)31;/h2-3,12-13,15-16,18H,4-11H2,1H3;1H. The maximum atomic E-state index is 12.5. The summed E-state index contributed by atoms with van der Waals surface area (Å²) in [4.78, 5) is 25.8. The summed E-state index contributed by atoms with van der Waals surface area (Å²) in [6, 6.07) is 9.74. The highest BCUT2D eigenvalue weighted by Crippen LogP contribution is 2.33. The molecular weight excluding hydrogens is 456 g/mol. The Bertz CT molecular complexity index is 1270. The number of hydrogen-bond acceptors (Lipinski definition) is 8. The van der Waals surface area contributed by atoms with Gasteiger partial charge in [0, 0.05) is 45.3 Å². The number of likely N-dealkylation sites (tertiary alicyclic amines) is 1. The molecule has 2 aliphatic heterocycles. The summed E-state index contributed by atoms with van der Waals surface area (Å²) >= 11 is 0. The monoisotopic (exact) mass is 482 g/mol. The van der Waals surface area contributed by atoms with Gasteiger partial charge < -0.3 is 23.8 Å². The molecule has 3 aromatic rings. The molecule has 0 aliphatic carbocycles. The van der Waals surface area contributed by atoms with E-state index < -0.39 is 0 Å². The van der Waals surface area contributed by atoms with Crippen LogP contribution in [0.3, 0.4) is 0 Å². The number of benzene rings is 1. The van der Waals surface area contributed by atoms with Gasteiger partial charge in [0.25, 0.3) is 5.56 Å². The summed E-state index contributed by atoms with van der Waals surface area (Å²) in [5, 5.41) is 9.21. The first kappa shape index (κ1) is 23.8. The second-order valence-electron chi connectivity index (χ2n) is 8.43. The number of nitriles is 1. The highest BCUT2D eigenvalue weighted by Gasteiger charge is 2.24. The third-order valence-electron chi connectivity index (χ3n) is 6.50. The Morgan fingerprint density at radius 2 is 1.85 bits per heavy atom. The lowest BCUT2D eigenvalue weighted by atomic mass is 10.0. The average molecular weight is 483 g/mol. The maximum absolute atomic E-state index is 12.5. The Labute approximate surface area is 203 Å². The minimum atomic E-state index is -0.142. The largest absolute Gasteiger partial charge is 0.486 e. The van der Waals surface area contributed by atoms with E-state index in [0.717, 1.165) is 49.6 Å². The zero-order valence-corrected chi connectivity index (χ0v) is 19.8. The van der Waals surface area contributed by atoms with Crippen LogP contribution in [-0.2, 0) is 6.54 Å². The average Bonchev–Trinajstić information content (AvgIpc) is 2.87. The summed E-state index contributed by atoms with van der Waals surface area (Å²) in [5.74, 6) is 2.35. The topological polar surface area (TPSA) is 96.5 Å². The van der Waals surface area contributed by atoms with Gasteiger partial charge >= 0.3 is 0 Å². The lowest BCUT2D eigenvalue weighted by Gasteiger charge is -2.37. The molecule has 1 fully saturated rings. The zero-order valence-electron chi connectivity index (χ0n) is 19.0. The molecule has 0 N–H and O–H groups in total. The molecule has 2 aromatic heterocycles. The highest BCUT2D eigenvalue weighted by molar-refractivity contribution is 5.85. The number of fused-ring (bicyclic) bond motifs is 2. The first-order chi connectivity index (χ1) is 16.1. The third-order valence-corrected chi connectivity index (χ3v) is 6.50. The van der Waals surface area contributed by atoms with E-state index in [4.69, 9.17) is 9.47 Å². The van der Waals surface area contributed by atoms with Crippen molar-refractivity contribution in [3.05, 3.63) is 52.6 Å². The minimum Gasteiger partial charge on any atom is -0.486 e. The van der Waals surface area contributed by atoms with E-state index in [2.05, 4.69) is 32.9 Å². The number of piperidine rings is 1. The molecule has 178 valence electrons. The van der Waals surface area contributed by atoms with Crippen molar-refractivity contribution in [2.45, 2.75) is 25.4 Å². The fraction of sp³-hybridized carbons (Fsp3) is 0.417. The molecule has 0 radical (unpaired) electrons. The zero-order chi connectivity index (χ0) is 22.8. The Kier molecular flexibility index (Phi) is 7.20. The second-order valence-corrected chi connectivity index (χ2v) is 8.43. The van der Waals surface area contributed by atoms with Gasteiger partial charge in [0.15, 0.2) is 11.5 Å². The molecule has 2 aliphatic rings. The van der Waals surface area contributed by atoms with E-state index in [1.807, 2.05) is 6.07 Å². The van der Waals surface area contributed by atoms with Crippen molar-refractivity contribution in [2.75, 3.05) is 44.8 Å². The van der Waals surface area contributed by atoms with Crippen LogP contribution in [0.2, 0.25) is 0 Å². The maximum Gasteiger partial charge on any atom is 0.269 e. The summed E-state index contributed by atoms with van der Waals surface area (Å²) in [6.07, 6.45) is 5.12. The van der Waals surface area contributed by atoms with Gasteiger partial charge in [0.05, 0.1) is 35.1 Å². The number of halogens is 1. The minimum absolute atomic E-state index is 0. The van der Waals surface area contributed by atoms with E-state index in [0.29, 0.717) is 42.6 Å². The summed E-state index contributed by atoms with van der Waals surface area (Å²) in [7, 11) is 2.08. The quantitative estimate of drug-likeness (QED) is 0.547. The number of ether oxygens (including phenoxy) is 2. The molecule has 0 bridgehead atoms. The van der Waals surface area contributed by atoms with Gasteiger partial charge in [-0.15, -0.1) is 12.4 Å². The van der Waals surface area contributed by atoms with E-state index in [-0.39, 0.29) is 18.0 Å². The summed E-state index contributed by atoms with van der Waals surface area (Å²) < 4.78 is 13.0. The molecule has 1 saturated heterocycles. The molecular formula is C24H27ClN6O3. The predicted octanol–water partition coefficient (Wildman–Crippen LogP) is 2.46. The number of nitrogens with zero attached hydrogens (tertiary/aromatic N) is 6. The number of aromatic nitrogens is 3. The second kappa shape index (κ2) is 10.3. The van der Waals surface area contributed by atoms with Crippen LogP contribution >= 0.6 is 12.4 Å².